The molecule has 1 rings (SSSR count). The summed E-state index contributed by atoms with van der Waals surface area (Å²) >= 11 is 0. The van der Waals surface area contributed by atoms with Gasteiger partial charge < -0.3 is 20.1 Å². The molecule has 5 nitrogen and oxygen atoms in total. The maximum absolute atomic E-state index is 11.7. The van der Waals surface area contributed by atoms with Crippen molar-refractivity contribution in [3.05, 3.63) is 0 Å². The summed E-state index contributed by atoms with van der Waals surface area (Å²) in [4.78, 5) is 11.7. The van der Waals surface area contributed by atoms with Crippen LogP contribution < -0.4 is 10.6 Å². The maximum Gasteiger partial charge on any atom is 0.248 e. The fourth-order valence-corrected chi connectivity index (χ4v) is 1.97. The predicted molar refractivity (Wildman–Crippen MR) is 70.6 cm³/mol. The summed E-state index contributed by atoms with van der Waals surface area (Å²) in [6, 6.07) is 0.405. The molecule has 1 aliphatic heterocycles. The summed E-state index contributed by atoms with van der Waals surface area (Å²) in [5, 5.41) is 6.24. The van der Waals surface area contributed by atoms with Gasteiger partial charge in [0.1, 0.15) is 6.10 Å². The highest BCUT2D eigenvalue weighted by molar-refractivity contribution is 5.80. The maximum atomic E-state index is 11.7. The number of amides is 1. The van der Waals surface area contributed by atoms with Crippen LogP contribution in [0.4, 0.5) is 0 Å². The van der Waals surface area contributed by atoms with Crippen molar-refractivity contribution in [2.24, 2.45) is 0 Å². The van der Waals surface area contributed by atoms with E-state index in [4.69, 9.17) is 9.47 Å². The minimum Gasteiger partial charge on any atom is -0.385 e. The fourth-order valence-electron chi connectivity index (χ4n) is 1.97. The zero-order chi connectivity index (χ0) is 13.2. The van der Waals surface area contributed by atoms with Crippen LogP contribution in [0, 0.1) is 0 Å². The Morgan fingerprint density at radius 2 is 2.33 bits per heavy atom. The molecule has 5 heteroatoms. The Bertz CT molecular complexity index is 230. The van der Waals surface area contributed by atoms with Crippen molar-refractivity contribution in [2.45, 2.75) is 44.8 Å². The largest absolute Gasteiger partial charge is 0.385 e. The summed E-state index contributed by atoms with van der Waals surface area (Å²) in [6.45, 7) is 4.79. The average molecular weight is 258 g/mol. The molecule has 0 bridgehead atoms. The van der Waals surface area contributed by atoms with Gasteiger partial charge in [0.2, 0.25) is 5.91 Å². The Morgan fingerprint density at radius 1 is 1.50 bits per heavy atom. The molecule has 1 aliphatic rings. The average Bonchev–Trinajstić information content (AvgIpc) is 2.42. The first-order valence-corrected chi connectivity index (χ1v) is 6.85. The highest BCUT2D eigenvalue weighted by Gasteiger charge is 2.17. The molecular formula is C13H26N2O3. The van der Waals surface area contributed by atoms with E-state index in [-0.39, 0.29) is 12.0 Å². The minimum atomic E-state index is -0.378. The van der Waals surface area contributed by atoms with Crippen LogP contribution >= 0.6 is 0 Å². The third-order valence-corrected chi connectivity index (χ3v) is 3.15. The number of carbonyl (C=O) groups is 1. The minimum absolute atomic E-state index is 0.0399. The van der Waals surface area contributed by atoms with E-state index in [0.717, 1.165) is 19.4 Å². The molecule has 106 valence electrons. The number of carbonyl (C=O) groups excluding carboxylic acids is 1. The summed E-state index contributed by atoms with van der Waals surface area (Å²) < 4.78 is 10.5. The van der Waals surface area contributed by atoms with E-state index >= 15 is 0 Å². The van der Waals surface area contributed by atoms with E-state index in [2.05, 4.69) is 10.6 Å². The van der Waals surface area contributed by atoms with Crippen LogP contribution in [0.3, 0.4) is 0 Å². The molecule has 0 aliphatic carbocycles. The molecule has 0 aromatic rings. The summed E-state index contributed by atoms with van der Waals surface area (Å²) in [6.07, 6.45) is 4.09. The van der Waals surface area contributed by atoms with Gasteiger partial charge in [0.15, 0.2) is 0 Å². The van der Waals surface area contributed by atoms with Crippen LogP contribution in [0.2, 0.25) is 0 Å². The third-order valence-electron chi connectivity index (χ3n) is 3.15. The zero-order valence-corrected chi connectivity index (χ0v) is 11.5. The van der Waals surface area contributed by atoms with E-state index in [1.807, 2.05) is 0 Å². The molecule has 1 fully saturated rings. The van der Waals surface area contributed by atoms with Crippen LogP contribution in [-0.4, -0.2) is 51.5 Å². The van der Waals surface area contributed by atoms with Gasteiger partial charge in [-0.3, -0.25) is 4.79 Å². The number of piperidine rings is 1. The molecule has 0 spiro atoms. The van der Waals surface area contributed by atoms with Gasteiger partial charge in [0, 0.05) is 26.3 Å². The van der Waals surface area contributed by atoms with Gasteiger partial charge in [-0.2, -0.15) is 0 Å². The van der Waals surface area contributed by atoms with Crippen LogP contribution in [0.5, 0.6) is 0 Å². The number of methoxy groups -OCH3 is 1. The molecule has 18 heavy (non-hydrogen) atoms. The fraction of sp³-hybridized carbons (Fsp3) is 0.923. The Balaban J connectivity index is 2.07. The van der Waals surface area contributed by atoms with Gasteiger partial charge in [-0.15, -0.1) is 0 Å². The highest BCUT2D eigenvalue weighted by Crippen LogP contribution is 2.07. The van der Waals surface area contributed by atoms with Crippen molar-refractivity contribution in [2.75, 3.05) is 33.4 Å². The highest BCUT2D eigenvalue weighted by atomic mass is 16.5. The van der Waals surface area contributed by atoms with Gasteiger partial charge in [-0.05, 0) is 32.7 Å². The Labute approximate surface area is 110 Å². The first-order valence-electron chi connectivity index (χ1n) is 6.85. The van der Waals surface area contributed by atoms with E-state index in [1.165, 1.54) is 12.8 Å². The van der Waals surface area contributed by atoms with E-state index in [9.17, 15) is 4.79 Å². The molecule has 1 amide bonds. The molecular weight excluding hydrogens is 232 g/mol. The van der Waals surface area contributed by atoms with Crippen LogP contribution in [0.15, 0.2) is 0 Å². The predicted octanol–water partition coefficient (Wildman–Crippen LogP) is 0.686. The molecule has 1 saturated heterocycles. The summed E-state index contributed by atoms with van der Waals surface area (Å²) in [7, 11) is 1.66. The normalized spacial score (nSPS) is 21.6. The topological polar surface area (TPSA) is 59.6 Å². The van der Waals surface area contributed by atoms with Gasteiger partial charge in [-0.1, -0.05) is 6.42 Å². The van der Waals surface area contributed by atoms with Crippen LogP contribution in [0.25, 0.3) is 0 Å². The molecule has 2 unspecified atom stereocenters. The lowest BCUT2D eigenvalue weighted by Crippen LogP contribution is -2.41. The van der Waals surface area contributed by atoms with E-state index in [0.29, 0.717) is 25.8 Å². The van der Waals surface area contributed by atoms with Crippen molar-refractivity contribution in [1.29, 1.82) is 0 Å². The Hall–Kier alpha value is -0.650. The van der Waals surface area contributed by atoms with Crippen molar-refractivity contribution in [3.63, 3.8) is 0 Å². The summed E-state index contributed by atoms with van der Waals surface area (Å²) in [5.41, 5.74) is 0. The Morgan fingerprint density at radius 3 is 3.00 bits per heavy atom. The second-order valence-electron chi connectivity index (χ2n) is 4.76. The lowest BCUT2D eigenvalue weighted by molar-refractivity contribution is -0.132. The molecule has 0 aromatic heterocycles. The van der Waals surface area contributed by atoms with Crippen LogP contribution in [0.1, 0.15) is 32.6 Å². The zero-order valence-electron chi connectivity index (χ0n) is 11.5. The molecule has 2 N–H and O–H groups in total. The number of hydrogen-bond donors (Lipinski definition) is 2. The number of ether oxygens (including phenoxy) is 2. The van der Waals surface area contributed by atoms with Gasteiger partial charge in [-0.25, -0.2) is 0 Å². The standard InChI is InChI=1S/C13H26N2O3/c1-11(13(16)15-8-5-9-17-2)18-10-12-6-3-4-7-14-12/h11-12,14H,3-10H2,1-2H3,(H,15,16). The van der Waals surface area contributed by atoms with E-state index < -0.39 is 0 Å². The molecule has 1 heterocycles. The molecule has 0 aromatic carbocycles. The first-order chi connectivity index (χ1) is 8.74. The second-order valence-corrected chi connectivity index (χ2v) is 4.76. The van der Waals surface area contributed by atoms with E-state index in [1.54, 1.807) is 14.0 Å². The number of nitrogens with one attached hydrogen (secondary N) is 2. The smallest absolute Gasteiger partial charge is 0.248 e. The van der Waals surface area contributed by atoms with Crippen LogP contribution in [-0.2, 0) is 14.3 Å². The first kappa shape index (κ1) is 15.4. The lowest BCUT2D eigenvalue weighted by Gasteiger charge is -2.24. The quantitative estimate of drug-likeness (QED) is 0.629. The molecule has 0 saturated carbocycles. The molecule has 2 atom stereocenters. The number of hydrogen-bond acceptors (Lipinski definition) is 4. The van der Waals surface area contributed by atoms with Gasteiger partial charge in [0.05, 0.1) is 6.61 Å². The monoisotopic (exact) mass is 258 g/mol. The van der Waals surface area contributed by atoms with Gasteiger partial charge in [0.25, 0.3) is 0 Å². The van der Waals surface area contributed by atoms with Crippen molar-refractivity contribution in [3.8, 4) is 0 Å². The van der Waals surface area contributed by atoms with Crippen molar-refractivity contribution in [1.82, 2.24) is 10.6 Å². The number of rotatable bonds is 8. The van der Waals surface area contributed by atoms with Crippen molar-refractivity contribution < 1.29 is 14.3 Å². The third kappa shape index (κ3) is 6.33. The molecule has 0 radical (unpaired) electrons. The SMILES string of the molecule is COCCCNC(=O)C(C)OCC1CCCCN1. The Kier molecular flexibility index (Phi) is 7.96. The second kappa shape index (κ2) is 9.30. The van der Waals surface area contributed by atoms with Gasteiger partial charge >= 0.3 is 0 Å². The summed E-state index contributed by atoms with van der Waals surface area (Å²) in [5.74, 6) is -0.0399. The van der Waals surface area contributed by atoms with Crippen molar-refractivity contribution >= 4 is 5.91 Å². The lowest BCUT2D eigenvalue weighted by atomic mass is 10.1.